The summed E-state index contributed by atoms with van der Waals surface area (Å²) in [5.74, 6) is 1.28. The molecule has 3 unspecified atom stereocenters. The maximum absolute atomic E-state index is 6.21. The van der Waals surface area contributed by atoms with Crippen LogP contribution in [0.4, 0.5) is 0 Å². The predicted molar refractivity (Wildman–Crippen MR) is 85.6 cm³/mol. The number of halogens is 2. The standard InChI is InChI=1S/C15H21BrClNO2/c1-4-18-14(10-5-9(2)20-8-10)12-6-11(17)7-13(16)15(12)19-3/h6-7,9-10,14,18H,4-5,8H2,1-3H3. The summed E-state index contributed by atoms with van der Waals surface area (Å²) in [5.41, 5.74) is 1.09. The monoisotopic (exact) mass is 361 g/mol. The van der Waals surface area contributed by atoms with Gasteiger partial charge in [-0.3, -0.25) is 0 Å². The first kappa shape index (κ1) is 16.1. The van der Waals surface area contributed by atoms with E-state index in [1.54, 1.807) is 7.11 Å². The second-order valence-electron chi connectivity index (χ2n) is 5.19. The predicted octanol–water partition coefficient (Wildman–Crippen LogP) is 4.19. The minimum Gasteiger partial charge on any atom is -0.495 e. The molecule has 0 bridgehead atoms. The third-order valence-electron chi connectivity index (χ3n) is 3.70. The van der Waals surface area contributed by atoms with Crippen molar-refractivity contribution in [3.05, 3.63) is 27.2 Å². The fraction of sp³-hybridized carbons (Fsp3) is 0.600. The van der Waals surface area contributed by atoms with Crippen LogP contribution in [0, 0.1) is 5.92 Å². The van der Waals surface area contributed by atoms with Gasteiger partial charge in [-0.25, -0.2) is 0 Å². The first-order chi connectivity index (χ1) is 9.56. The first-order valence-electron chi connectivity index (χ1n) is 6.94. The van der Waals surface area contributed by atoms with Crippen molar-refractivity contribution < 1.29 is 9.47 Å². The summed E-state index contributed by atoms with van der Waals surface area (Å²) < 4.78 is 12.2. The normalized spacial score (nSPS) is 23.9. The van der Waals surface area contributed by atoms with E-state index >= 15 is 0 Å². The Labute approximate surface area is 134 Å². The van der Waals surface area contributed by atoms with Crippen molar-refractivity contribution in [2.75, 3.05) is 20.3 Å². The summed E-state index contributed by atoms with van der Waals surface area (Å²) >= 11 is 9.74. The third kappa shape index (κ3) is 3.48. The average Bonchev–Trinajstić information content (AvgIpc) is 2.81. The largest absolute Gasteiger partial charge is 0.495 e. The van der Waals surface area contributed by atoms with Crippen LogP contribution in [0.3, 0.4) is 0 Å². The van der Waals surface area contributed by atoms with Gasteiger partial charge in [0.1, 0.15) is 5.75 Å². The van der Waals surface area contributed by atoms with E-state index < -0.39 is 0 Å². The Morgan fingerprint density at radius 1 is 1.55 bits per heavy atom. The minimum absolute atomic E-state index is 0.190. The van der Waals surface area contributed by atoms with Crippen molar-refractivity contribution in [1.82, 2.24) is 5.32 Å². The van der Waals surface area contributed by atoms with E-state index in [2.05, 4.69) is 35.1 Å². The van der Waals surface area contributed by atoms with Crippen LogP contribution in [0.25, 0.3) is 0 Å². The Morgan fingerprint density at radius 2 is 2.30 bits per heavy atom. The number of hydrogen-bond acceptors (Lipinski definition) is 3. The van der Waals surface area contributed by atoms with Crippen LogP contribution in [0.2, 0.25) is 5.02 Å². The Kier molecular flexibility index (Phi) is 5.73. The van der Waals surface area contributed by atoms with Gasteiger partial charge in [0.15, 0.2) is 0 Å². The average molecular weight is 363 g/mol. The zero-order valence-electron chi connectivity index (χ0n) is 12.1. The van der Waals surface area contributed by atoms with Crippen LogP contribution >= 0.6 is 27.5 Å². The van der Waals surface area contributed by atoms with E-state index in [0.717, 1.165) is 35.4 Å². The molecule has 3 atom stereocenters. The minimum atomic E-state index is 0.190. The molecule has 0 aliphatic carbocycles. The molecule has 0 spiro atoms. The van der Waals surface area contributed by atoms with Crippen LogP contribution in [-0.4, -0.2) is 26.4 Å². The molecule has 0 saturated carbocycles. The fourth-order valence-electron chi connectivity index (χ4n) is 2.86. The topological polar surface area (TPSA) is 30.5 Å². The Balaban J connectivity index is 2.38. The highest BCUT2D eigenvalue weighted by atomic mass is 79.9. The Bertz CT molecular complexity index is 469. The highest BCUT2D eigenvalue weighted by molar-refractivity contribution is 9.10. The maximum atomic E-state index is 6.21. The maximum Gasteiger partial charge on any atom is 0.137 e. The quantitative estimate of drug-likeness (QED) is 0.852. The summed E-state index contributed by atoms with van der Waals surface area (Å²) in [6.45, 7) is 5.89. The lowest BCUT2D eigenvalue weighted by atomic mass is 9.90. The van der Waals surface area contributed by atoms with Crippen LogP contribution in [-0.2, 0) is 4.74 Å². The number of nitrogens with one attached hydrogen (secondary N) is 1. The van der Waals surface area contributed by atoms with Gasteiger partial charge in [-0.2, -0.15) is 0 Å². The SMILES string of the molecule is CCNC(c1cc(Cl)cc(Br)c1OC)C1COC(C)C1. The molecule has 0 radical (unpaired) electrons. The lowest BCUT2D eigenvalue weighted by Gasteiger charge is -2.26. The lowest BCUT2D eigenvalue weighted by molar-refractivity contribution is 0.117. The molecule has 1 N–H and O–H groups in total. The highest BCUT2D eigenvalue weighted by Gasteiger charge is 2.32. The molecule has 1 saturated heterocycles. The number of hydrogen-bond donors (Lipinski definition) is 1. The molecule has 1 aromatic rings. The second-order valence-corrected chi connectivity index (χ2v) is 6.48. The summed E-state index contributed by atoms with van der Waals surface area (Å²) in [6, 6.07) is 4.04. The van der Waals surface area contributed by atoms with Crippen LogP contribution in [0.15, 0.2) is 16.6 Å². The Hall–Kier alpha value is -0.290. The zero-order chi connectivity index (χ0) is 14.7. The number of ether oxygens (including phenoxy) is 2. The molecule has 0 aromatic heterocycles. The highest BCUT2D eigenvalue weighted by Crippen LogP contribution is 2.41. The number of methoxy groups -OCH3 is 1. The van der Waals surface area contributed by atoms with Crippen molar-refractivity contribution in [3.8, 4) is 5.75 Å². The van der Waals surface area contributed by atoms with Gasteiger partial charge in [0, 0.05) is 22.5 Å². The van der Waals surface area contributed by atoms with Gasteiger partial charge in [0.25, 0.3) is 0 Å². The molecular formula is C15H21BrClNO2. The first-order valence-corrected chi connectivity index (χ1v) is 8.11. The van der Waals surface area contributed by atoms with Gasteiger partial charge in [-0.1, -0.05) is 18.5 Å². The van der Waals surface area contributed by atoms with Gasteiger partial charge in [-0.05, 0) is 48.0 Å². The van der Waals surface area contributed by atoms with Gasteiger partial charge in [0.05, 0.1) is 24.3 Å². The van der Waals surface area contributed by atoms with E-state index in [1.807, 2.05) is 12.1 Å². The molecule has 0 amide bonds. The number of benzene rings is 1. The van der Waals surface area contributed by atoms with Crippen LogP contribution in [0.1, 0.15) is 31.9 Å². The molecule has 1 aromatic carbocycles. The summed E-state index contributed by atoms with van der Waals surface area (Å²) in [7, 11) is 1.69. The van der Waals surface area contributed by atoms with Gasteiger partial charge in [-0.15, -0.1) is 0 Å². The molecule has 5 heteroatoms. The van der Waals surface area contributed by atoms with Gasteiger partial charge >= 0.3 is 0 Å². The van der Waals surface area contributed by atoms with Crippen molar-refractivity contribution in [1.29, 1.82) is 0 Å². The summed E-state index contributed by atoms with van der Waals surface area (Å²) in [5, 5.41) is 4.26. The van der Waals surface area contributed by atoms with E-state index in [4.69, 9.17) is 21.1 Å². The van der Waals surface area contributed by atoms with E-state index in [0.29, 0.717) is 17.0 Å². The van der Waals surface area contributed by atoms with E-state index in [-0.39, 0.29) is 6.04 Å². The molecular weight excluding hydrogens is 342 g/mol. The zero-order valence-corrected chi connectivity index (χ0v) is 14.4. The van der Waals surface area contributed by atoms with Gasteiger partial charge < -0.3 is 14.8 Å². The van der Waals surface area contributed by atoms with Crippen LogP contribution in [0.5, 0.6) is 5.75 Å². The smallest absolute Gasteiger partial charge is 0.137 e. The summed E-state index contributed by atoms with van der Waals surface area (Å²) in [6.07, 6.45) is 1.36. The number of rotatable bonds is 5. The molecule has 1 heterocycles. The van der Waals surface area contributed by atoms with Crippen LogP contribution < -0.4 is 10.1 Å². The second kappa shape index (κ2) is 7.12. The van der Waals surface area contributed by atoms with Crippen molar-refractivity contribution in [3.63, 3.8) is 0 Å². The van der Waals surface area contributed by atoms with Crippen molar-refractivity contribution >= 4 is 27.5 Å². The van der Waals surface area contributed by atoms with E-state index in [9.17, 15) is 0 Å². The van der Waals surface area contributed by atoms with Crippen molar-refractivity contribution in [2.45, 2.75) is 32.4 Å². The lowest BCUT2D eigenvalue weighted by Crippen LogP contribution is -2.29. The Morgan fingerprint density at radius 3 is 2.85 bits per heavy atom. The molecule has 20 heavy (non-hydrogen) atoms. The van der Waals surface area contributed by atoms with Gasteiger partial charge in [0.2, 0.25) is 0 Å². The summed E-state index contributed by atoms with van der Waals surface area (Å²) in [4.78, 5) is 0. The molecule has 1 aliphatic rings. The fourth-order valence-corrected chi connectivity index (χ4v) is 3.86. The van der Waals surface area contributed by atoms with E-state index in [1.165, 1.54) is 0 Å². The molecule has 1 fully saturated rings. The molecule has 3 nitrogen and oxygen atoms in total. The molecule has 2 rings (SSSR count). The van der Waals surface area contributed by atoms with Crippen molar-refractivity contribution in [2.24, 2.45) is 5.92 Å². The molecule has 112 valence electrons. The third-order valence-corrected chi connectivity index (χ3v) is 4.51. The molecule has 1 aliphatic heterocycles.